The Bertz CT molecular complexity index is 1410. The molecule has 3 heterocycles. The number of hydrogen-bond donors (Lipinski definition) is 1. The molecule has 0 bridgehead atoms. The second kappa shape index (κ2) is 7.81. The van der Waals surface area contributed by atoms with Crippen LogP contribution in [-0.2, 0) is 21.2 Å². The van der Waals surface area contributed by atoms with Gasteiger partial charge in [-0.15, -0.1) is 11.3 Å². The van der Waals surface area contributed by atoms with E-state index in [9.17, 15) is 13.2 Å². The number of nitrogens with one attached hydrogen (secondary N) is 1. The van der Waals surface area contributed by atoms with E-state index >= 15 is 0 Å². The van der Waals surface area contributed by atoms with E-state index in [1.165, 1.54) is 6.07 Å². The van der Waals surface area contributed by atoms with Crippen molar-refractivity contribution in [1.82, 2.24) is 19.3 Å². The molecule has 0 unspecified atom stereocenters. The molecule has 30 heavy (non-hydrogen) atoms. The van der Waals surface area contributed by atoms with Crippen LogP contribution in [0.3, 0.4) is 0 Å². The van der Waals surface area contributed by atoms with Crippen LogP contribution in [0.2, 0.25) is 8.67 Å². The molecular weight excluding hydrogens is 467 g/mol. The minimum atomic E-state index is -4.08. The SMILES string of the molecule is Cc1nc2c3ccccc3nn2c(C)c1CCC(=O)NS(=O)(=O)c1cc(Cl)sc1Cl. The van der Waals surface area contributed by atoms with Crippen LogP contribution < -0.4 is 4.72 Å². The molecular formula is C19H16Cl2N4O3S2. The second-order valence-corrected chi connectivity index (χ2v) is 10.7. The molecule has 7 nitrogen and oxygen atoms in total. The zero-order valence-electron chi connectivity index (χ0n) is 15.9. The van der Waals surface area contributed by atoms with Crippen molar-refractivity contribution < 1.29 is 13.2 Å². The Morgan fingerprint density at radius 2 is 1.97 bits per heavy atom. The van der Waals surface area contributed by atoms with Gasteiger partial charge < -0.3 is 0 Å². The number of carbonyl (C=O) groups is 1. The van der Waals surface area contributed by atoms with E-state index in [-0.39, 0.29) is 20.0 Å². The average Bonchev–Trinajstić information content (AvgIpc) is 3.21. The number of nitrogens with zero attached hydrogens (tertiary/aromatic N) is 3. The molecule has 3 aromatic heterocycles. The molecule has 4 rings (SSSR count). The molecule has 0 radical (unpaired) electrons. The van der Waals surface area contributed by atoms with Gasteiger partial charge in [0.15, 0.2) is 5.65 Å². The maximum absolute atomic E-state index is 12.4. The van der Waals surface area contributed by atoms with Crippen molar-refractivity contribution in [1.29, 1.82) is 0 Å². The number of aromatic nitrogens is 3. The molecule has 156 valence electrons. The van der Waals surface area contributed by atoms with Crippen molar-refractivity contribution in [3.8, 4) is 0 Å². The number of carbonyl (C=O) groups excluding carboxylic acids is 1. The quantitative estimate of drug-likeness (QED) is 0.457. The summed E-state index contributed by atoms with van der Waals surface area (Å²) in [5, 5.41) is 5.54. The summed E-state index contributed by atoms with van der Waals surface area (Å²) in [6, 6.07) is 8.94. The largest absolute Gasteiger partial charge is 0.274 e. The first-order valence-corrected chi connectivity index (χ1v) is 12.0. The number of sulfonamides is 1. The number of thiophene rings is 1. The van der Waals surface area contributed by atoms with Gasteiger partial charge in [-0.05, 0) is 44.0 Å². The molecule has 1 aromatic carbocycles. The van der Waals surface area contributed by atoms with Gasteiger partial charge in [0.05, 0.1) is 9.85 Å². The second-order valence-electron chi connectivity index (χ2n) is 6.73. The smallest absolute Gasteiger partial charge is 0.266 e. The topological polar surface area (TPSA) is 93.4 Å². The fourth-order valence-electron chi connectivity index (χ4n) is 3.34. The molecule has 0 aliphatic heterocycles. The maximum Gasteiger partial charge on any atom is 0.266 e. The number of amides is 1. The van der Waals surface area contributed by atoms with E-state index in [0.717, 1.165) is 44.8 Å². The Morgan fingerprint density at radius 1 is 1.23 bits per heavy atom. The molecule has 1 N–H and O–H groups in total. The van der Waals surface area contributed by atoms with E-state index in [2.05, 4.69) is 10.1 Å². The van der Waals surface area contributed by atoms with Crippen LogP contribution >= 0.6 is 34.5 Å². The Morgan fingerprint density at radius 3 is 2.67 bits per heavy atom. The summed E-state index contributed by atoms with van der Waals surface area (Å²) < 4.78 is 28.8. The van der Waals surface area contributed by atoms with Gasteiger partial charge >= 0.3 is 0 Å². The zero-order chi connectivity index (χ0) is 21.6. The summed E-state index contributed by atoms with van der Waals surface area (Å²) in [5.74, 6) is -0.641. The van der Waals surface area contributed by atoms with Crippen molar-refractivity contribution in [2.45, 2.75) is 31.6 Å². The molecule has 11 heteroatoms. The van der Waals surface area contributed by atoms with E-state index in [0.29, 0.717) is 6.42 Å². The van der Waals surface area contributed by atoms with Gasteiger partial charge in [-0.2, -0.15) is 5.10 Å². The van der Waals surface area contributed by atoms with E-state index < -0.39 is 15.9 Å². The molecule has 0 atom stereocenters. The molecule has 4 aromatic rings. The third kappa shape index (κ3) is 3.78. The molecule has 0 saturated carbocycles. The minimum absolute atomic E-state index is 0.00684. The van der Waals surface area contributed by atoms with Crippen LogP contribution in [0, 0.1) is 13.8 Å². The number of rotatable bonds is 5. The first-order valence-electron chi connectivity index (χ1n) is 8.91. The standard InChI is InChI=1S/C19H16Cl2N4O3S2/c1-10-12(11(2)25-19(22-10)13-5-3-4-6-14(13)23-25)7-8-17(26)24-30(27,28)15-9-16(20)29-18(15)21/h3-6,9H,7-8H2,1-2H3,(H,24,26). The number of fused-ring (bicyclic) bond motifs is 3. The van der Waals surface area contributed by atoms with E-state index in [4.69, 9.17) is 23.2 Å². The average molecular weight is 483 g/mol. The predicted octanol–water partition coefficient (Wildman–Crippen LogP) is 4.31. The minimum Gasteiger partial charge on any atom is -0.274 e. The van der Waals surface area contributed by atoms with Gasteiger partial charge in [-0.25, -0.2) is 22.6 Å². The fraction of sp³-hybridized carbons (Fsp3) is 0.211. The lowest BCUT2D eigenvalue weighted by molar-refractivity contribution is -0.119. The van der Waals surface area contributed by atoms with Gasteiger partial charge in [0.2, 0.25) is 5.91 Å². The highest BCUT2D eigenvalue weighted by atomic mass is 35.5. The normalized spacial score (nSPS) is 12.0. The summed E-state index contributed by atoms with van der Waals surface area (Å²) in [4.78, 5) is 16.8. The summed E-state index contributed by atoms with van der Waals surface area (Å²) in [6.07, 6.45) is 0.278. The summed E-state index contributed by atoms with van der Waals surface area (Å²) >= 11 is 12.6. The lowest BCUT2D eigenvalue weighted by Gasteiger charge is -2.11. The van der Waals surface area contributed by atoms with Gasteiger partial charge in [0.1, 0.15) is 9.23 Å². The molecule has 0 saturated heterocycles. The third-order valence-corrected chi connectivity index (χ3v) is 7.91. The molecule has 0 aliphatic rings. The van der Waals surface area contributed by atoms with Crippen molar-refractivity contribution in [3.63, 3.8) is 0 Å². The van der Waals surface area contributed by atoms with Crippen LogP contribution in [0.25, 0.3) is 16.6 Å². The monoisotopic (exact) mass is 482 g/mol. The lowest BCUT2D eigenvalue weighted by atomic mass is 10.1. The highest BCUT2D eigenvalue weighted by molar-refractivity contribution is 7.90. The predicted molar refractivity (Wildman–Crippen MR) is 118 cm³/mol. The summed E-state index contributed by atoms with van der Waals surface area (Å²) in [5.41, 5.74) is 4.06. The highest BCUT2D eigenvalue weighted by Crippen LogP contribution is 2.34. The molecule has 0 spiro atoms. The number of halogens is 2. The summed E-state index contributed by atoms with van der Waals surface area (Å²) in [6.45, 7) is 3.77. The first-order chi connectivity index (χ1) is 14.2. The summed E-state index contributed by atoms with van der Waals surface area (Å²) in [7, 11) is -4.08. The zero-order valence-corrected chi connectivity index (χ0v) is 19.1. The molecule has 0 fully saturated rings. The van der Waals surface area contributed by atoms with Crippen molar-refractivity contribution in [2.75, 3.05) is 0 Å². The number of hydrogen-bond acceptors (Lipinski definition) is 6. The van der Waals surface area contributed by atoms with Crippen LogP contribution in [0.5, 0.6) is 0 Å². The molecule has 1 amide bonds. The van der Waals surface area contributed by atoms with Crippen molar-refractivity contribution in [2.24, 2.45) is 0 Å². The third-order valence-electron chi connectivity index (χ3n) is 4.78. The van der Waals surface area contributed by atoms with Crippen LogP contribution in [0.4, 0.5) is 0 Å². The van der Waals surface area contributed by atoms with E-state index in [1.807, 2.05) is 42.8 Å². The maximum atomic E-state index is 12.4. The van der Waals surface area contributed by atoms with Gasteiger partial charge in [-0.1, -0.05) is 35.3 Å². The number of benzene rings is 1. The fourth-order valence-corrected chi connectivity index (χ4v) is 6.51. The van der Waals surface area contributed by atoms with Crippen molar-refractivity contribution in [3.05, 3.63) is 56.0 Å². The lowest BCUT2D eigenvalue weighted by Crippen LogP contribution is -2.30. The van der Waals surface area contributed by atoms with Crippen LogP contribution in [-0.4, -0.2) is 28.9 Å². The van der Waals surface area contributed by atoms with Gasteiger partial charge in [0.25, 0.3) is 10.0 Å². The highest BCUT2D eigenvalue weighted by Gasteiger charge is 2.23. The van der Waals surface area contributed by atoms with Gasteiger partial charge in [-0.3, -0.25) is 4.79 Å². The number of aryl methyl sites for hydroxylation is 2. The van der Waals surface area contributed by atoms with Crippen LogP contribution in [0.15, 0.2) is 35.2 Å². The Kier molecular flexibility index (Phi) is 5.48. The Hall–Kier alpha value is -2.20. The Labute approximate surface area is 186 Å². The molecule has 0 aliphatic carbocycles. The van der Waals surface area contributed by atoms with Gasteiger partial charge in [0, 0.05) is 23.2 Å². The Balaban J connectivity index is 1.57. The van der Waals surface area contributed by atoms with E-state index in [1.54, 1.807) is 4.52 Å². The van der Waals surface area contributed by atoms with Crippen LogP contribution in [0.1, 0.15) is 23.4 Å². The van der Waals surface area contributed by atoms with Crippen molar-refractivity contribution >= 4 is 67.0 Å². The first kappa shape index (κ1) is 21.0.